The molecule has 4 nitrogen and oxygen atoms in total. The average Bonchev–Trinajstić information content (AvgIpc) is 2.45. The number of methoxy groups -OCH3 is 1. The summed E-state index contributed by atoms with van der Waals surface area (Å²) in [5.41, 5.74) is 1.86. The molecule has 105 valence electrons. The smallest absolute Gasteiger partial charge is 0.223 e. The molecule has 0 spiro atoms. The van der Waals surface area contributed by atoms with Crippen LogP contribution in [0.2, 0.25) is 0 Å². The fourth-order valence-corrected chi connectivity index (χ4v) is 2.07. The number of rotatable bonds is 5. The summed E-state index contributed by atoms with van der Waals surface area (Å²) in [6.45, 7) is 2.87. The topological polar surface area (TPSA) is 38.8 Å². The van der Waals surface area contributed by atoms with Crippen molar-refractivity contribution in [1.82, 2.24) is 4.90 Å². The number of hydrogen-bond donors (Lipinski definition) is 0. The Hall–Kier alpha value is -0.706. The molecule has 5 heteroatoms. The zero-order valence-corrected chi connectivity index (χ0v) is 14.7. The fourth-order valence-electron chi connectivity index (χ4n) is 2.07. The van der Waals surface area contributed by atoms with Crippen LogP contribution in [-0.4, -0.2) is 31.3 Å². The van der Waals surface area contributed by atoms with Gasteiger partial charge in [-0.15, -0.1) is 24.3 Å². The predicted molar refractivity (Wildman–Crippen MR) is 72.2 cm³/mol. The minimum absolute atomic E-state index is 0. The summed E-state index contributed by atoms with van der Waals surface area (Å²) < 4.78 is 10.2. The molecule has 0 bridgehead atoms. The Morgan fingerprint density at radius 1 is 1.30 bits per heavy atom. The maximum atomic E-state index is 11.8. The summed E-state index contributed by atoms with van der Waals surface area (Å²) in [7, 11) is 1.58. The molecule has 1 heterocycles. The Morgan fingerprint density at radius 2 is 2.00 bits per heavy atom. The van der Waals surface area contributed by atoms with Crippen molar-refractivity contribution in [3.63, 3.8) is 0 Å². The van der Waals surface area contributed by atoms with Gasteiger partial charge in [0.25, 0.3) is 0 Å². The van der Waals surface area contributed by atoms with Crippen LogP contribution in [0.15, 0.2) is 24.3 Å². The number of nitrogens with zero attached hydrogens (tertiary/aromatic N) is 1. The number of allylic oxidation sites excluding steroid dienone is 1. The van der Waals surface area contributed by atoms with Gasteiger partial charge in [0.15, 0.2) is 6.79 Å². The van der Waals surface area contributed by atoms with Gasteiger partial charge in [0.1, 0.15) is 5.75 Å². The first-order chi connectivity index (χ1) is 9.26. The molecule has 1 radical (unpaired) electrons. The van der Waals surface area contributed by atoms with Crippen LogP contribution in [0.25, 0.3) is 5.70 Å². The molecular formula is C15H18NO3Y-. The number of hydrogen-bond acceptors (Lipinski definition) is 3. The van der Waals surface area contributed by atoms with E-state index in [2.05, 4.69) is 6.08 Å². The Morgan fingerprint density at radius 3 is 2.60 bits per heavy atom. The van der Waals surface area contributed by atoms with Gasteiger partial charge in [0.2, 0.25) is 5.91 Å². The van der Waals surface area contributed by atoms with E-state index in [9.17, 15) is 4.79 Å². The molecule has 1 aliphatic rings. The minimum Gasteiger partial charge on any atom is -0.468 e. The SMILES string of the molecule is CCN1C(=O)CC[C-]=C1c1ccc(OCOC)cc1.[Y]. The van der Waals surface area contributed by atoms with Crippen molar-refractivity contribution in [1.29, 1.82) is 0 Å². The minimum atomic E-state index is 0. The molecule has 20 heavy (non-hydrogen) atoms. The van der Waals surface area contributed by atoms with E-state index in [1.807, 2.05) is 31.2 Å². The van der Waals surface area contributed by atoms with Crippen molar-refractivity contribution in [3.8, 4) is 5.75 Å². The van der Waals surface area contributed by atoms with Gasteiger partial charge in [0.05, 0.1) is 0 Å². The first kappa shape index (κ1) is 17.3. The van der Waals surface area contributed by atoms with Crippen molar-refractivity contribution in [3.05, 3.63) is 35.9 Å². The number of amides is 1. The third-order valence-corrected chi connectivity index (χ3v) is 2.99. The molecule has 1 aromatic carbocycles. The van der Waals surface area contributed by atoms with Gasteiger partial charge in [-0.2, -0.15) is 5.56 Å². The number of ether oxygens (including phenoxy) is 2. The molecule has 0 aromatic heterocycles. The third-order valence-electron chi connectivity index (χ3n) is 2.99. The van der Waals surface area contributed by atoms with E-state index in [4.69, 9.17) is 9.47 Å². The molecule has 1 amide bonds. The molecule has 0 N–H and O–H groups in total. The van der Waals surface area contributed by atoms with E-state index < -0.39 is 0 Å². The average molecular weight is 349 g/mol. The Labute approximate surface area is 145 Å². The molecule has 2 rings (SSSR count). The molecule has 0 unspecified atom stereocenters. The van der Waals surface area contributed by atoms with Crippen LogP contribution in [0.4, 0.5) is 0 Å². The van der Waals surface area contributed by atoms with E-state index in [0.29, 0.717) is 19.4 Å². The van der Waals surface area contributed by atoms with Crippen LogP contribution in [0.1, 0.15) is 25.3 Å². The van der Waals surface area contributed by atoms with Gasteiger partial charge in [-0.05, 0) is 19.1 Å². The van der Waals surface area contributed by atoms with Crippen LogP contribution in [0.5, 0.6) is 5.75 Å². The number of carbonyl (C=O) groups is 1. The Kier molecular flexibility index (Phi) is 7.42. The maximum absolute atomic E-state index is 11.8. The maximum Gasteiger partial charge on any atom is 0.223 e. The molecular weight excluding hydrogens is 331 g/mol. The van der Waals surface area contributed by atoms with Gasteiger partial charge in [-0.1, -0.05) is 0 Å². The monoisotopic (exact) mass is 349 g/mol. The number of carbonyl (C=O) groups excluding carboxylic acids is 1. The zero-order valence-electron chi connectivity index (χ0n) is 11.9. The zero-order chi connectivity index (χ0) is 13.7. The van der Waals surface area contributed by atoms with Crippen LogP contribution < -0.4 is 4.74 Å². The molecule has 0 atom stereocenters. The molecule has 0 saturated heterocycles. The summed E-state index contributed by atoms with van der Waals surface area (Å²) in [4.78, 5) is 13.6. The second kappa shape index (κ2) is 8.55. The summed E-state index contributed by atoms with van der Waals surface area (Å²) >= 11 is 0. The van der Waals surface area contributed by atoms with Crippen molar-refractivity contribution in [2.24, 2.45) is 0 Å². The third kappa shape index (κ3) is 4.14. The first-order valence-electron chi connectivity index (χ1n) is 6.39. The van der Waals surface area contributed by atoms with Crippen LogP contribution in [0, 0.1) is 6.08 Å². The fraction of sp³-hybridized carbons (Fsp3) is 0.400. The predicted octanol–water partition coefficient (Wildman–Crippen LogP) is 2.45. The molecule has 0 aliphatic carbocycles. The summed E-state index contributed by atoms with van der Waals surface area (Å²) in [6.07, 6.45) is 4.52. The van der Waals surface area contributed by atoms with E-state index in [-0.39, 0.29) is 45.4 Å². The van der Waals surface area contributed by atoms with E-state index in [1.165, 1.54) is 0 Å². The van der Waals surface area contributed by atoms with E-state index in [0.717, 1.165) is 17.0 Å². The van der Waals surface area contributed by atoms with Crippen LogP contribution in [-0.2, 0) is 42.2 Å². The quantitative estimate of drug-likeness (QED) is 0.606. The van der Waals surface area contributed by atoms with Crippen molar-refractivity contribution in [2.45, 2.75) is 19.8 Å². The summed E-state index contributed by atoms with van der Waals surface area (Å²) in [5, 5.41) is 0. The molecule has 0 fully saturated rings. The van der Waals surface area contributed by atoms with E-state index >= 15 is 0 Å². The summed E-state index contributed by atoms with van der Waals surface area (Å²) in [5.74, 6) is 0.910. The molecule has 0 saturated carbocycles. The van der Waals surface area contributed by atoms with Gasteiger partial charge in [-0.3, -0.25) is 4.79 Å². The summed E-state index contributed by atoms with van der Waals surface area (Å²) in [6, 6.07) is 7.62. The van der Waals surface area contributed by atoms with Crippen molar-refractivity contribution >= 4 is 11.6 Å². The Bertz CT molecular complexity index is 471. The van der Waals surface area contributed by atoms with Crippen molar-refractivity contribution in [2.75, 3.05) is 20.4 Å². The first-order valence-corrected chi connectivity index (χ1v) is 6.39. The standard InChI is InChI=1S/C15H18NO3.Y/c1-3-16-14(5-4-6-15(16)17)12-7-9-13(10-8-12)19-11-18-2;/h7-10H,3-4,6,11H2,1-2H3;/q-1;. The Balaban J connectivity index is 0.00000200. The number of benzene rings is 1. The van der Waals surface area contributed by atoms with Gasteiger partial charge in [-0.25, -0.2) is 6.08 Å². The van der Waals surface area contributed by atoms with Gasteiger partial charge in [0, 0.05) is 52.8 Å². The van der Waals surface area contributed by atoms with Crippen LogP contribution in [0.3, 0.4) is 0 Å². The van der Waals surface area contributed by atoms with Gasteiger partial charge < -0.3 is 14.4 Å². The van der Waals surface area contributed by atoms with E-state index in [1.54, 1.807) is 12.0 Å². The van der Waals surface area contributed by atoms with Crippen molar-refractivity contribution < 1.29 is 47.0 Å². The molecule has 1 aromatic rings. The molecule has 1 aliphatic heterocycles. The normalized spacial score (nSPS) is 14.6. The van der Waals surface area contributed by atoms with Gasteiger partial charge >= 0.3 is 0 Å². The largest absolute Gasteiger partial charge is 0.468 e. The second-order valence-electron chi connectivity index (χ2n) is 4.24. The van der Waals surface area contributed by atoms with Crippen LogP contribution >= 0.6 is 0 Å². The second-order valence-corrected chi connectivity index (χ2v) is 4.24.